The Labute approximate surface area is 92.4 Å². The molecule has 2 heteroatoms. The first kappa shape index (κ1) is 12.2. The number of methoxy groups -OCH3 is 1. The summed E-state index contributed by atoms with van der Waals surface area (Å²) in [6, 6.07) is 8.57. The van der Waals surface area contributed by atoms with Crippen molar-refractivity contribution in [3.63, 3.8) is 0 Å². The van der Waals surface area contributed by atoms with Crippen LogP contribution in [0.25, 0.3) is 0 Å². The van der Waals surface area contributed by atoms with E-state index in [1.807, 2.05) is 0 Å². The Bertz CT molecular complexity index is 277. The lowest BCUT2D eigenvalue weighted by molar-refractivity contribution is 0.100. The molecule has 0 aliphatic heterocycles. The van der Waals surface area contributed by atoms with Crippen LogP contribution in [0.1, 0.15) is 43.4 Å². The lowest BCUT2D eigenvalue weighted by Gasteiger charge is -2.15. The average Bonchev–Trinajstić information content (AvgIpc) is 2.30. The van der Waals surface area contributed by atoms with E-state index in [4.69, 9.17) is 10.5 Å². The van der Waals surface area contributed by atoms with Crippen molar-refractivity contribution in [2.75, 3.05) is 13.7 Å². The fourth-order valence-corrected chi connectivity index (χ4v) is 1.71. The van der Waals surface area contributed by atoms with Gasteiger partial charge in [0.25, 0.3) is 0 Å². The van der Waals surface area contributed by atoms with E-state index in [1.165, 1.54) is 11.1 Å². The molecule has 0 heterocycles. The number of benzene rings is 1. The maximum absolute atomic E-state index is 5.63. The molecule has 1 aromatic rings. The van der Waals surface area contributed by atoms with E-state index < -0.39 is 0 Å². The van der Waals surface area contributed by atoms with Gasteiger partial charge in [-0.2, -0.15) is 0 Å². The average molecular weight is 207 g/mol. The first-order chi connectivity index (χ1) is 7.22. The summed E-state index contributed by atoms with van der Waals surface area (Å²) in [5.41, 5.74) is 8.17. The first-order valence-electron chi connectivity index (χ1n) is 5.55. The van der Waals surface area contributed by atoms with E-state index in [-0.39, 0.29) is 6.10 Å². The minimum atomic E-state index is 0.215. The van der Waals surface area contributed by atoms with Crippen molar-refractivity contribution < 1.29 is 4.74 Å². The van der Waals surface area contributed by atoms with Crippen LogP contribution in [-0.4, -0.2) is 13.7 Å². The second-order valence-corrected chi connectivity index (χ2v) is 3.94. The summed E-state index contributed by atoms with van der Waals surface area (Å²) in [7, 11) is 1.75. The van der Waals surface area contributed by atoms with Crippen molar-refractivity contribution in [2.45, 2.75) is 32.3 Å². The normalized spacial score (nSPS) is 14.9. The van der Waals surface area contributed by atoms with Gasteiger partial charge in [0, 0.05) is 7.11 Å². The summed E-state index contributed by atoms with van der Waals surface area (Å²) in [6.45, 7) is 4.97. The minimum absolute atomic E-state index is 0.215. The summed E-state index contributed by atoms with van der Waals surface area (Å²) in [4.78, 5) is 0. The molecule has 2 atom stereocenters. The molecule has 0 spiro atoms. The molecule has 0 aliphatic rings. The van der Waals surface area contributed by atoms with E-state index in [2.05, 4.69) is 38.1 Å². The van der Waals surface area contributed by atoms with Gasteiger partial charge in [-0.3, -0.25) is 0 Å². The van der Waals surface area contributed by atoms with Gasteiger partial charge in [0.15, 0.2) is 0 Å². The molecule has 0 fully saturated rings. The monoisotopic (exact) mass is 207 g/mol. The van der Waals surface area contributed by atoms with Gasteiger partial charge in [0.1, 0.15) is 0 Å². The highest BCUT2D eigenvalue weighted by molar-refractivity contribution is 5.26. The van der Waals surface area contributed by atoms with E-state index in [9.17, 15) is 0 Å². The quantitative estimate of drug-likeness (QED) is 0.805. The molecule has 0 saturated heterocycles. The van der Waals surface area contributed by atoms with Gasteiger partial charge >= 0.3 is 0 Å². The molecule has 0 bridgehead atoms. The van der Waals surface area contributed by atoms with Crippen molar-refractivity contribution in [3.8, 4) is 0 Å². The molecule has 84 valence electrons. The number of rotatable bonds is 5. The molecular formula is C13H21NO. The summed E-state index contributed by atoms with van der Waals surface area (Å²) in [5, 5.41) is 0. The van der Waals surface area contributed by atoms with Crippen LogP contribution in [0.3, 0.4) is 0 Å². The predicted octanol–water partition coefficient (Wildman–Crippen LogP) is 2.85. The van der Waals surface area contributed by atoms with Crippen molar-refractivity contribution in [3.05, 3.63) is 35.4 Å². The van der Waals surface area contributed by atoms with Crippen LogP contribution >= 0.6 is 0 Å². The molecule has 0 saturated carbocycles. The first-order valence-corrected chi connectivity index (χ1v) is 5.55. The van der Waals surface area contributed by atoms with Crippen molar-refractivity contribution in [1.82, 2.24) is 0 Å². The molecule has 2 N–H and O–H groups in total. The Morgan fingerprint density at radius 3 is 2.13 bits per heavy atom. The summed E-state index contributed by atoms with van der Waals surface area (Å²) >= 11 is 0. The summed E-state index contributed by atoms with van der Waals surface area (Å²) in [5.74, 6) is 0.432. The molecule has 0 aliphatic carbocycles. The van der Waals surface area contributed by atoms with Gasteiger partial charge in [-0.05, 0) is 30.0 Å². The highest BCUT2D eigenvalue weighted by Crippen LogP contribution is 2.22. The molecule has 2 nitrogen and oxygen atoms in total. The maximum atomic E-state index is 5.63. The second-order valence-electron chi connectivity index (χ2n) is 3.94. The molecule has 0 amide bonds. The molecular weight excluding hydrogens is 186 g/mol. The molecule has 1 aromatic carbocycles. The van der Waals surface area contributed by atoms with Gasteiger partial charge in [0.2, 0.25) is 0 Å². The van der Waals surface area contributed by atoms with Crippen molar-refractivity contribution >= 4 is 0 Å². The standard InChI is InChI=1S/C13H21NO/c1-4-13(15-3)12-7-5-11(6-8-12)10(2)9-14/h5-8,10,13H,4,9,14H2,1-3H3/t10-,13-/m1/s1. The third-order valence-electron chi connectivity index (χ3n) is 2.89. The smallest absolute Gasteiger partial charge is 0.0818 e. The van der Waals surface area contributed by atoms with E-state index >= 15 is 0 Å². The Morgan fingerprint density at radius 1 is 1.20 bits per heavy atom. The number of nitrogens with two attached hydrogens (primary N) is 1. The van der Waals surface area contributed by atoms with Gasteiger partial charge in [-0.15, -0.1) is 0 Å². The van der Waals surface area contributed by atoms with Crippen molar-refractivity contribution in [2.24, 2.45) is 5.73 Å². The van der Waals surface area contributed by atoms with E-state index in [0.29, 0.717) is 12.5 Å². The van der Waals surface area contributed by atoms with Gasteiger partial charge in [0.05, 0.1) is 6.10 Å². The third kappa shape index (κ3) is 3.05. The zero-order valence-corrected chi connectivity index (χ0v) is 9.86. The minimum Gasteiger partial charge on any atom is -0.377 e. The largest absolute Gasteiger partial charge is 0.377 e. The highest BCUT2D eigenvalue weighted by atomic mass is 16.5. The van der Waals surface area contributed by atoms with E-state index in [0.717, 1.165) is 6.42 Å². The number of ether oxygens (including phenoxy) is 1. The second kappa shape index (κ2) is 5.89. The Kier molecular flexibility index (Phi) is 4.79. The maximum Gasteiger partial charge on any atom is 0.0818 e. The van der Waals surface area contributed by atoms with Crippen molar-refractivity contribution in [1.29, 1.82) is 0 Å². The lowest BCUT2D eigenvalue weighted by atomic mass is 9.98. The van der Waals surface area contributed by atoms with E-state index in [1.54, 1.807) is 7.11 Å². The SMILES string of the molecule is CC[C@@H](OC)c1ccc([C@H](C)CN)cc1. The molecule has 0 aromatic heterocycles. The molecule has 15 heavy (non-hydrogen) atoms. The third-order valence-corrected chi connectivity index (χ3v) is 2.89. The van der Waals surface area contributed by atoms with Gasteiger partial charge in [-0.1, -0.05) is 38.1 Å². The van der Waals surface area contributed by atoms with Gasteiger partial charge in [-0.25, -0.2) is 0 Å². The highest BCUT2D eigenvalue weighted by Gasteiger charge is 2.08. The van der Waals surface area contributed by atoms with Crippen LogP contribution in [0.5, 0.6) is 0 Å². The van der Waals surface area contributed by atoms with Crippen LogP contribution in [-0.2, 0) is 4.74 Å². The fourth-order valence-electron chi connectivity index (χ4n) is 1.71. The van der Waals surface area contributed by atoms with Crippen LogP contribution in [0.4, 0.5) is 0 Å². The van der Waals surface area contributed by atoms with Crippen LogP contribution < -0.4 is 5.73 Å². The van der Waals surface area contributed by atoms with Gasteiger partial charge < -0.3 is 10.5 Å². The van der Waals surface area contributed by atoms with Crippen LogP contribution in [0.2, 0.25) is 0 Å². The Hall–Kier alpha value is -0.860. The topological polar surface area (TPSA) is 35.2 Å². The predicted molar refractivity (Wildman–Crippen MR) is 64.0 cm³/mol. The Balaban J connectivity index is 2.79. The van der Waals surface area contributed by atoms with Crippen LogP contribution in [0.15, 0.2) is 24.3 Å². The zero-order valence-electron chi connectivity index (χ0n) is 9.86. The molecule has 1 rings (SSSR count). The fraction of sp³-hybridized carbons (Fsp3) is 0.538. The molecule has 0 radical (unpaired) electrons. The summed E-state index contributed by atoms with van der Waals surface area (Å²) < 4.78 is 5.39. The van der Waals surface area contributed by atoms with Crippen LogP contribution in [0, 0.1) is 0 Å². The summed E-state index contributed by atoms with van der Waals surface area (Å²) in [6.07, 6.45) is 1.22. The molecule has 0 unspecified atom stereocenters. The lowest BCUT2D eigenvalue weighted by Crippen LogP contribution is -2.09. The number of hydrogen-bond acceptors (Lipinski definition) is 2. The zero-order chi connectivity index (χ0) is 11.3. The number of hydrogen-bond donors (Lipinski definition) is 1. The Morgan fingerprint density at radius 2 is 1.73 bits per heavy atom.